The first-order valence-corrected chi connectivity index (χ1v) is 6.60. The summed E-state index contributed by atoms with van der Waals surface area (Å²) >= 11 is 0. The molecule has 2 heterocycles. The molecule has 0 aliphatic rings. The lowest BCUT2D eigenvalue weighted by atomic mass is 10.3. The van der Waals surface area contributed by atoms with E-state index in [-0.39, 0.29) is 12.1 Å². The molecule has 2 aromatic heterocycles. The molecule has 0 fully saturated rings. The minimum absolute atomic E-state index is 0.0956. The first-order chi connectivity index (χ1) is 10.5. The molecule has 0 amide bonds. The van der Waals surface area contributed by atoms with Crippen LogP contribution in [0.15, 0.2) is 29.2 Å². The van der Waals surface area contributed by atoms with E-state index in [0.717, 1.165) is 0 Å². The highest BCUT2D eigenvalue weighted by atomic mass is 19.2. The Bertz CT molecular complexity index is 691. The minimum atomic E-state index is -1.70. The average molecular weight is 315 g/mol. The van der Waals surface area contributed by atoms with Gasteiger partial charge in [-0.3, -0.25) is 4.79 Å². The number of hydrogen-bond donors (Lipinski definition) is 1. The molecule has 0 unspecified atom stereocenters. The Labute approximate surface area is 123 Å². The highest BCUT2D eigenvalue weighted by molar-refractivity contribution is 5.45. The maximum absolute atomic E-state index is 13.3. The number of aryl methyl sites for hydroxylation is 1. The molecular weight excluding hydrogens is 302 g/mol. The summed E-state index contributed by atoms with van der Waals surface area (Å²) in [6.07, 6.45) is 2.63. The molecule has 0 saturated heterocycles. The third kappa shape index (κ3) is 3.63. The van der Waals surface area contributed by atoms with E-state index in [4.69, 9.17) is 0 Å². The summed E-state index contributed by atoms with van der Waals surface area (Å²) < 4.78 is 53.9. The van der Waals surface area contributed by atoms with Crippen LogP contribution in [0.5, 0.6) is 0 Å². The summed E-state index contributed by atoms with van der Waals surface area (Å²) in [6, 6.07) is 4.76. The number of pyridine rings is 2. The van der Waals surface area contributed by atoms with Crippen LogP contribution in [-0.2, 0) is 6.54 Å². The molecule has 0 atom stereocenters. The molecule has 1 N–H and O–H groups in total. The molecule has 0 radical (unpaired) electrons. The van der Waals surface area contributed by atoms with Crippen LogP contribution in [0.4, 0.5) is 23.2 Å². The molecule has 0 aromatic carbocycles. The molecule has 22 heavy (non-hydrogen) atoms. The summed E-state index contributed by atoms with van der Waals surface area (Å²) in [4.78, 5) is 13.9. The SMILES string of the molecule is O=c1ccccn1CCCCNc1c(F)c(F)nc(F)c1F. The van der Waals surface area contributed by atoms with Crippen molar-refractivity contribution in [3.8, 4) is 0 Å². The van der Waals surface area contributed by atoms with Crippen LogP contribution in [-0.4, -0.2) is 16.1 Å². The van der Waals surface area contributed by atoms with Crippen LogP contribution in [0.3, 0.4) is 0 Å². The van der Waals surface area contributed by atoms with Crippen molar-refractivity contribution in [1.29, 1.82) is 0 Å². The molecule has 118 valence electrons. The van der Waals surface area contributed by atoms with E-state index in [1.54, 1.807) is 18.3 Å². The Kier molecular flexibility index (Phi) is 5.13. The molecule has 2 rings (SSSR count). The Morgan fingerprint density at radius 1 is 1.05 bits per heavy atom. The van der Waals surface area contributed by atoms with Crippen molar-refractivity contribution in [2.24, 2.45) is 0 Å². The van der Waals surface area contributed by atoms with Gasteiger partial charge in [0.05, 0.1) is 0 Å². The van der Waals surface area contributed by atoms with Crippen molar-refractivity contribution in [2.75, 3.05) is 11.9 Å². The monoisotopic (exact) mass is 315 g/mol. The van der Waals surface area contributed by atoms with Gasteiger partial charge >= 0.3 is 0 Å². The number of halogens is 4. The van der Waals surface area contributed by atoms with Gasteiger partial charge in [0.1, 0.15) is 5.69 Å². The van der Waals surface area contributed by atoms with Gasteiger partial charge in [0.2, 0.25) is 17.2 Å². The van der Waals surface area contributed by atoms with Crippen LogP contribution in [0.25, 0.3) is 0 Å². The fraction of sp³-hybridized carbons (Fsp3) is 0.286. The zero-order valence-electron chi connectivity index (χ0n) is 11.5. The Morgan fingerprint density at radius 3 is 2.36 bits per heavy atom. The maximum Gasteiger partial charge on any atom is 0.253 e. The highest BCUT2D eigenvalue weighted by Gasteiger charge is 2.20. The molecular formula is C14H13F4N3O. The second-order valence-electron chi connectivity index (χ2n) is 4.56. The number of nitrogens with one attached hydrogen (secondary N) is 1. The van der Waals surface area contributed by atoms with Crippen LogP contribution in [0, 0.1) is 23.5 Å². The summed E-state index contributed by atoms with van der Waals surface area (Å²) in [7, 11) is 0. The van der Waals surface area contributed by atoms with Gasteiger partial charge in [0.25, 0.3) is 11.9 Å². The van der Waals surface area contributed by atoms with Gasteiger partial charge in [0.15, 0.2) is 0 Å². The largest absolute Gasteiger partial charge is 0.380 e. The van der Waals surface area contributed by atoms with Crippen LogP contribution >= 0.6 is 0 Å². The quantitative estimate of drug-likeness (QED) is 0.506. The number of nitrogens with zero attached hydrogens (tertiary/aromatic N) is 2. The molecule has 0 saturated carbocycles. The van der Waals surface area contributed by atoms with Crippen molar-refractivity contribution >= 4 is 5.69 Å². The van der Waals surface area contributed by atoms with Crippen molar-refractivity contribution < 1.29 is 17.6 Å². The standard InChI is InChI=1S/C14H13F4N3O/c15-10-12(11(16)14(18)20-13(10)17)19-6-2-4-8-21-7-3-1-5-9(21)22/h1,3,5,7H,2,4,6,8H2,(H,19,20). The van der Waals surface area contributed by atoms with E-state index < -0.39 is 29.2 Å². The molecule has 0 aliphatic carbocycles. The van der Waals surface area contributed by atoms with Crippen LogP contribution in [0.2, 0.25) is 0 Å². The van der Waals surface area contributed by atoms with Gasteiger partial charge in [-0.05, 0) is 18.9 Å². The zero-order chi connectivity index (χ0) is 16.1. The maximum atomic E-state index is 13.3. The van der Waals surface area contributed by atoms with Gasteiger partial charge in [0, 0.05) is 25.4 Å². The number of hydrogen-bond acceptors (Lipinski definition) is 3. The third-order valence-electron chi connectivity index (χ3n) is 3.02. The first kappa shape index (κ1) is 16.0. The van der Waals surface area contributed by atoms with Crippen LogP contribution in [0.1, 0.15) is 12.8 Å². The van der Waals surface area contributed by atoms with Crippen molar-refractivity contribution in [3.63, 3.8) is 0 Å². The molecule has 8 heteroatoms. The van der Waals surface area contributed by atoms with E-state index in [1.165, 1.54) is 10.6 Å². The fourth-order valence-electron chi connectivity index (χ4n) is 1.91. The van der Waals surface area contributed by atoms with E-state index in [2.05, 4.69) is 10.3 Å². The average Bonchev–Trinajstić information content (AvgIpc) is 2.50. The summed E-state index contributed by atoms with van der Waals surface area (Å²) in [5, 5.41) is 2.31. The van der Waals surface area contributed by atoms with Gasteiger partial charge in [-0.1, -0.05) is 6.07 Å². The lowest BCUT2D eigenvalue weighted by Gasteiger charge is -2.09. The topological polar surface area (TPSA) is 46.9 Å². The molecule has 4 nitrogen and oxygen atoms in total. The minimum Gasteiger partial charge on any atom is -0.380 e. The first-order valence-electron chi connectivity index (χ1n) is 6.60. The molecule has 0 bridgehead atoms. The summed E-state index contributed by atoms with van der Waals surface area (Å²) in [5.41, 5.74) is -1.02. The zero-order valence-corrected chi connectivity index (χ0v) is 11.5. The smallest absolute Gasteiger partial charge is 0.253 e. The third-order valence-corrected chi connectivity index (χ3v) is 3.02. The fourth-order valence-corrected chi connectivity index (χ4v) is 1.91. The van der Waals surface area contributed by atoms with Gasteiger partial charge in [-0.15, -0.1) is 0 Å². The van der Waals surface area contributed by atoms with E-state index in [0.29, 0.717) is 19.4 Å². The normalized spacial score (nSPS) is 10.7. The number of anilines is 1. The van der Waals surface area contributed by atoms with Gasteiger partial charge in [-0.25, -0.2) is 0 Å². The van der Waals surface area contributed by atoms with E-state index >= 15 is 0 Å². The van der Waals surface area contributed by atoms with Crippen LogP contribution < -0.4 is 10.9 Å². The lowest BCUT2D eigenvalue weighted by molar-refractivity contribution is 0.410. The van der Waals surface area contributed by atoms with Crippen molar-refractivity contribution in [3.05, 3.63) is 58.3 Å². The van der Waals surface area contributed by atoms with Crippen molar-refractivity contribution in [1.82, 2.24) is 9.55 Å². The highest BCUT2D eigenvalue weighted by Crippen LogP contribution is 2.21. The predicted octanol–water partition coefficient (Wildman–Crippen LogP) is 2.69. The van der Waals surface area contributed by atoms with Gasteiger partial charge < -0.3 is 9.88 Å². The summed E-state index contributed by atoms with van der Waals surface area (Å²) in [6.45, 7) is 0.531. The molecule has 0 spiro atoms. The number of rotatable bonds is 6. The molecule has 2 aromatic rings. The Hall–Kier alpha value is -2.38. The second kappa shape index (κ2) is 7.06. The number of aromatic nitrogens is 2. The van der Waals surface area contributed by atoms with Crippen molar-refractivity contribution in [2.45, 2.75) is 19.4 Å². The van der Waals surface area contributed by atoms with E-state index in [9.17, 15) is 22.4 Å². The molecule has 0 aliphatic heterocycles. The second-order valence-corrected chi connectivity index (χ2v) is 4.56. The van der Waals surface area contributed by atoms with Gasteiger partial charge in [-0.2, -0.15) is 22.5 Å². The Balaban J connectivity index is 1.87. The predicted molar refractivity (Wildman–Crippen MR) is 72.5 cm³/mol. The summed E-state index contributed by atoms with van der Waals surface area (Å²) in [5.74, 6) is -6.51. The number of unbranched alkanes of at least 4 members (excludes halogenated alkanes) is 1. The lowest BCUT2D eigenvalue weighted by Crippen LogP contribution is -2.18. The Morgan fingerprint density at radius 2 is 1.73 bits per heavy atom. The van der Waals surface area contributed by atoms with E-state index in [1.807, 2.05) is 0 Å².